The summed E-state index contributed by atoms with van der Waals surface area (Å²) in [6, 6.07) is 0. The van der Waals surface area contributed by atoms with E-state index in [0.717, 1.165) is 6.54 Å². The summed E-state index contributed by atoms with van der Waals surface area (Å²) in [5.74, 6) is 0. The summed E-state index contributed by atoms with van der Waals surface area (Å²) in [6.07, 6.45) is 4.18. The van der Waals surface area contributed by atoms with Crippen LogP contribution >= 0.6 is 0 Å². The van der Waals surface area contributed by atoms with Crippen molar-refractivity contribution in [1.82, 2.24) is 4.90 Å². The first-order valence-electron chi connectivity index (χ1n) is 2.53. The lowest BCUT2D eigenvalue weighted by Gasteiger charge is -1.90. The molecule has 0 saturated heterocycles. The van der Waals surface area contributed by atoms with Crippen LogP contribution in [0.2, 0.25) is 0 Å². The fourth-order valence-electron chi connectivity index (χ4n) is 0.316. The monoisotopic (exact) mass is 99.1 g/mol. The summed E-state index contributed by atoms with van der Waals surface area (Å²) >= 11 is 0. The van der Waals surface area contributed by atoms with Crippen LogP contribution in [-0.4, -0.2) is 20.6 Å². The number of hydrogen-bond donors (Lipinski definition) is 0. The van der Waals surface area contributed by atoms with Crippen LogP contribution in [0.5, 0.6) is 0 Å². The fraction of sp³-hybridized carbons (Fsp3) is 0.667. The highest BCUT2D eigenvalue weighted by Gasteiger charge is 1.88. The first-order valence-corrected chi connectivity index (χ1v) is 2.53. The number of rotatable bonds is 2. The molecule has 1 nitrogen and oxygen atoms in total. The summed E-state index contributed by atoms with van der Waals surface area (Å²) in [4.78, 5) is 2.12. The summed E-state index contributed by atoms with van der Waals surface area (Å²) in [5, 5.41) is 0. The lowest BCUT2D eigenvalue weighted by molar-refractivity contribution is 0.625. The molecule has 0 saturated carbocycles. The molecule has 0 aliphatic heterocycles. The number of hydrogen-bond acceptors (Lipinski definition) is 1. The van der Waals surface area contributed by atoms with Crippen molar-refractivity contribution in [2.24, 2.45) is 0 Å². The Kier molecular flexibility index (Phi) is 3.71. The average Bonchev–Trinajstić information content (AvgIpc) is 1.61. The molecule has 0 unspecified atom stereocenters. The van der Waals surface area contributed by atoms with E-state index in [1.54, 1.807) is 0 Å². The van der Waals surface area contributed by atoms with Crippen molar-refractivity contribution in [3.63, 3.8) is 0 Å². The van der Waals surface area contributed by atoms with Gasteiger partial charge in [-0.2, -0.15) is 4.90 Å². The van der Waals surface area contributed by atoms with Crippen LogP contribution in [0.25, 0.3) is 0 Å². The van der Waals surface area contributed by atoms with Crippen LogP contribution in [0.3, 0.4) is 0 Å². The van der Waals surface area contributed by atoms with Gasteiger partial charge in [-0.05, 0) is 13.0 Å². The molecule has 0 aliphatic rings. The Hall–Kier alpha value is -0.300. The Labute approximate surface area is 45.6 Å². The van der Waals surface area contributed by atoms with Crippen LogP contribution in [-0.2, 0) is 0 Å². The lowest BCUT2D eigenvalue weighted by Crippen LogP contribution is -2.17. The maximum Gasteiger partial charge on any atom is 0.140 e. The summed E-state index contributed by atoms with van der Waals surface area (Å²) < 4.78 is 0. The van der Waals surface area contributed by atoms with Crippen molar-refractivity contribution >= 4 is 0 Å². The van der Waals surface area contributed by atoms with E-state index in [2.05, 4.69) is 31.1 Å². The Balaban J connectivity index is 2.97. The molecule has 1 radical (unpaired) electrons. The molecule has 0 aromatic heterocycles. The molecular weight excluding hydrogens is 86.1 g/mol. The standard InChI is InChI=1S/C6H13N/c1-4-5-6-7(2)3/h4-5H,6H2,1-3H3/q+1. The van der Waals surface area contributed by atoms with E-state index in [1.165, 1.54) is 0 Å². The van der Waals surface area contributed by atoms with Crippen LogP contribution in [0.15, 0.2) is 12.2 Å². The van der Waals surface area contributed by atoms with Gasteiger partial charge in [0.2, 0.25) is 0 Å². The normalized spacial score (nSPS) is 11.4. The molecule has 41 valence electrons. The van der Waals surface area contributed by atoms with Crippen LogP contribution < -0.4 is 4.90 Å². The molecule has 0 N–H and O–H groups in total. The van der Waals surface area contributed by atoms with Gasteiger partial charge in [-0.25, -0.2) is 0 Å². The van der Waals surface area contributed by atoms with Crippen molar-refractivity contribution in [2.75, 3.05) is 20.6 Å². The SMILES string of the molecule is CC=CC[N+](C)C. The Morgan fingerprint density at radius 2 is 2.00 bits per heavy atom. The van der Waals surface area contributed by atoms with Gasteiger partial charge in [-0.1, -0.05) is 6.08 Å². The molecule has 0 bridgehead atoms. The van der Waals surface area contributed by atoms with E-state index in [-0.39, 0.29) is 0 Å². The molecule has 0 amide bonds. The molecular formula is C6H13N+. The molecule has 0 fully saturated rings. The van der Waals surface area contributed by atoms with Crippen molar-refractivity contribution in [2.45, 2.75) is 6.92 Å². The van der Waals surface area contributed by atoms with Crippen molar-refractivity contribution in [1.29, 1.82) is 0 Å². The molecule has 0 aromatic carbocycles. The van der Waals surface area contributed by atoms with Gasteiger partial charge in [0, 0.05) is 0 Å². The third-order valence-corrected chi connectivity index (χ3v) is 0.706. The molecule has 0 aromatic rings. The predicted octanol–water partition coefficient (Wildman–Crippen LogP) is 0.962. The van der Waals surface area contributed by atoms with Gasteiger partial charge in [0.05, 0.1) is 0 Å². The zero-order valence-electron chi connectivity index (χ0n) is 5.31. The number of allylic oxidation sites excluding steroid dienone is 1. The summed E-state index contributed by atoms with van der Waals surface area (Å²) in [6.45, 7) is 3.08. The fourth-order valence-corrected chi connectivity index (χ4v) is 0.316. The predicted molar refractivity (Wildman–Crippen MR) is 33.7 cm³/mol. The molecule has 0 atom stereocenters. The maximum atomic E-state index is 2.12. The molecule has 0 heterocycles. The zero-order chi connectivity index (χ0) is 5.70. The Morgan fingerprint density at radius 3 is 2.14 bits per heavy atom. The van der Waals surface area contributed by atoms with Crippen molar-refractivity contribution in [3.8, 4) is 0 Å². The smallest absolute Gasteiger partial charge is 0.140 e. The zero-order valence-corrected chi connectivity index (χ0v) is 5.31. The molecule has 0 aliphatic carbocycles. The van der Waals surface area contributed by atoms with Gasteiger partial charge in [-0.3, -0.25) is 0 Å². The Morgan fingerprint density at radius 1 is 1.43 bits per heavy atom. The van der Waals surface area contributed by atoms with Crippen molar-refractivity contribution < 1.29 is 0 Å². The third kappa shape index (κ3) is 5.70. The third-order valence-electron chi connectivity index (χ3n) is 0.706. The quantitative estimate of drug-likeness (QED) is 0.359. The van der Waals surface area contributed by atoms with Crippen LogP contribution in [0.4, 0.5) is 0 Å². The highest BCUT2D eigenvalue weighted by atomic mass is 15.0. The van der Waals surface area contributed by atoms with E-state index < -0.39 is 0 Å². The average molecular weight is 99.2 g/mol. The number of likely N-dealkylation sites (N-methyl/N-ethyl adjacent to an activating group) is 1. The largest absolute Gasteiger partial charge is 0.172 e. The first kappa shape index (κ1) is 6.70. The number of nitrogens with zero attached hydrogens (tertiary/aromatic N) is 1. The lowest BCUT2D eigenvalue weighted by atomic mass is 10.5. The van der Waals surface area contributed by atoms with Crippen LogP contribution in [0, 0.1) is 0 Å². The second-order valence-corrected chi connectivity index (χ2v) is 1.83. The van der Waals surface area contributed by atoms with E-state index in [9.17, 15) is 0 Å². The Bertz CT molecular complexity index is 55.2. The minimum absolute atomic E-state index is 1.05. The van der Waals surface area contributed by atoms with Gasteiger partial charge in [0.25, 0.3) is 0 Å². The van der Waals surface area contributed by atoms with Gasteiger partial charge in [0.1, 0.15) is 20.6 Å². The van der Waals surface area contributed by atoms with E-state index in [0.29, 0.717) is 0 Å². The minimum atomic E-state index is 1.05. The van der Waals surface area contributed by atoms with Crippen molar-refractivity contribution in [3.05, 3.63) is 12.2 Å². The highest BCUT2D eigenvalue weighted by Crippen LogP contribution is 1.70. The second kappa shape index (κ2) is 3.88. The topological polar surface area (TPSA) is 5.90 Å². The molecule has 0 rings (SSSR count). The minimum Gasteiger partial charge on any atom is -0.172 e. The van der Waals surface area contributed by atoms with Crippen LogP contribution in [0.1, 0.15) is 6.92 Å². The molecule has 0 spiro atoms. The summed E-state index contributed by atoms with van der Waals surface area (Å²) in [7, 11) is 4.11. The van der Waals surface area contributed by atoms with Gasteiger partial charge < -0.3 is 0 Å². The molecule has 7 heavy (non-hydrogen) atoms. The van der Waals surface area contributed by atoms with E-state index in [1.807, 2.05) is 6.92 Å². The highest BCUT2D eigenvalue weighted by molar-refractivity contribution is 4.80. The van der Waals surface area contributed by atoms with Gasteiger partial charge in [-0.15, -0.1) is 0 Å². The first-order chi connectivity index (χ1) is 3.27. The van der Waals surface area contributed by atoms with Gasteiger partial charge >= 0.3 is 0 Å². The maximum absolute atomic E-state index is 2.12. The summed E-state index contributed by atoms with van der Waals surface area (Å²) in [5.41, 5.74) is 0. The van der Waals surface area contributed by atoms with E-state index >= 15 is 0 Å². The van der Waals surface area contributed by atoms with E-state index in [4.69, 9.17) is 0 Å². The molecule has 1 heteroatoms. The second-order valence-electron chi connectivity index (χ2n) is 1.83. The van der Waals surface area contributed by atoms with Gasteiger partial charge in [0.15, 0.2) is 0 Å².